The highest BCUT2D eigenvalue weighted by Crippen LogP contribution is 2.32. The molecule has 0 unspecified atom stereocenters. The van der Waals surface area contributed by atoms with Crippen molar-refractivity contribution in [3.05, 3.63) is 86.0 Å². The number of thioether (sulfide) groups is 1. The third kappa shape index (κ3) is 4.48. The lowest BCUT2D eigenvalue weighted by Gasteiger charge is -2.13. The SMILES string of the molecule is CCCc1sc2nc(SCc3cccc(C)c3)n(-c3ccc(CC)cc3)c(=O)c2c1C. The summed E-state index contributed by atoms with van der Waals surface area (Å²) in [6, 6.07) is 16.8. The van der Waals surface area contributed by atoms with E-state index in [0.717, 1.165) is 51.6 Å². The zero-order chi connectivity index (χ0) is 22.0. The second kappa shape index (κ2) is 9.41. The Kier molecular flexibility index (Phi) is 6.63. The minimum absolute atomic E-state index is 0.0390. The lowest BCUT2D eigenvalue weighted by atomic mass is 10.1. The van der Waals surface area contributed by atoms with Gasteiger partial charge < -0.3 is 0 Å². The number of nitrogens with zero attached hydrogens (tertiary/aromatic N) is 2. The lowest BCUT2D eigenvalue weighted by Crippen LogP contribution is -2.21. The highest BCUT2D eigenvalue weighted by atomic mass is 32.2. The summed E-state index contributed by atoms with van der Waals surface area (Å²) in [5.41, 5.74) is 5.75. The molecule has 0 aliphatic heterocycles. The fourth-order valence-corrected chi connectivity index (χ4v) is 6.11. The molecule has 5 heteroatoms. The number of fused-ring (bicyclic) bond motifs is 1. The van der Waals surface area contributed by atoms with Crippen molar-refractivity contribution >= 4 is 33.3 Å². The van der Waals surface area contributed by atoms with Crippen LogP contribution in [0, 0.1) is 13.8 Å². The van der Waals surface area contributed by atoms with Crippen molar-refractivity contribution in [2.75, 3.05) is 0 Å². The Morgan fingerprint density at radius 1 is 1.03 bits per heavy atom. The summed E-state index contributed by atoms with van der Waals surface area (Å²) < 4.78 is 1.80. The number of hydrogen-bond acceptors (Lipinski definition) is 4. The van der Waals surface area contributed by atoms with Crippen molar-refractivity contribution in [1.29, 1.82) is 0 Å². The van der Waals surface area contributed by atoms with Gasteiger partial charge in [-0.1, -0.05) is 74.0 Å². The Balaban J connectivity index is 1.85. The van der Waals surface area contributed by atoms with Crippen molar-refractivity contribution in [3.8, 4) is 5.69 Å². The fraction of sp³-hybridized carbons (Fsp3) is 0.308. The van der Waals surface area contributed by atoms with E-state index in [0.29, 0.717) is 0 Å². The first-order chi connectivity index (χ1) is 15.0. The summed E-state index contributed by atoms with van der Waals surface area (Å²) in [7, 11) is 0. The highest BCUT2D eigenvalue weighted by molar-refractivity contribution is 7.98. The maximum absolute atomic E-state index is 13.7. The third-order valence-corrected chi connectivity index (χ3v) is 7.82. The van der Waals surface area contributed by atoms with Gasteiger partial charge in [0.15, 0.2) is 5.16 Å². The summed E-state index contributed by atoms with van der Waals surface area (Å²) in [4.78, 5) is 20.9. The van der Waals surface area contributed by atoms with Gasteiger partial charge >= 0.3 is 0 Å². The minimum atomic E-state index is 0.0390. The van der Waals surface area contributed by atoms with Gasteiger partial charge in [-0.2, -0.15) is 0 Å². The van der Waals surface area contributed by atoms with Crippen LogP contribution in [0.1, 0.15) is 47.4 Å². The van der Waals surface area contributed by atoms with Gasteiger partial charge in [0.1, 0.15) is 4.83 Å². The van der Waals surface area contributed by atoms with Gasteiger partial charge in [-0.3, -0.25) is 9.36 Å². The average Bonchev–Trinajstić information content (AvgIpc) is 3.08. The summed E-state index contributed by atoms with van der Waals surface area (Å²) in [5, 5.41) is 1.53. The number of aryl methyl sites for hydroxylation is 4. The van der Waals surface area contributed by atoms with Gasteiger partial charge in [-0.15, -0.1) is 11.3 Å². The predicted octanol–water partition coefficient (Wildman–Crippen LogP) is 6.87. The van der Waals surface area contributed by atoms with Crippen molar-refractivity contribution in [2.45, 2.75) is 57.9 Å². The first kappa shape index (κ1) is 21.8. The molecule has 0 spiro atoms. The smallest absolute Gasteiger partial charge is 0.267 e. The monoisotopic (exact) mass is 448 g/mol. The Morgan fingerprint density at radius 3 is 2.48 bits per heavy atom. The molecule has 31 heavy (non-hydrogen) atoms. The maximum atomic E-state index is 13.7. The number of aromatic nitrogens is 2. The van der Waals surface area contributed by atoms with Crippen LogP contribution in [0.25, 0.3) is 15.9 Å². The standard InChI is InChI=1S/C26H28N2OS2/c1-5-8-22-18(4)23-24(31-22)27-26(30-16-20-10-7-9-17(3)15-20)28(25(23)29)21-13-11-19(6-2)12-14-21/h7,9-15H,5-6,8,16H2,1-4H3. The van der Waals surface area contributed by atoms with Crippen LogP contribution in [-0.4, -0.2) is 9.55 Å². The van der Waals surface area contributed by atoms with Crippen molar-refractivity contribution in [2.24, 2.45) is 0 Å². The Labute approximate surface area is 192 Å². The molecule has 0 saturated heterocycles. The summed E-state index contributed by atoms with van der Waals surface area (Å²) in [5.74, 6) is 0.777. The Hall–Kier alpha value is -2.37. The molecule has 4 aromatic rings. The molecule has 0 aliphatic carbocycles. The van der Waals surface area contributed by atoms with Crippen LogP contribution in [0.4, 0.5) is 0 Å². The Bertz CT molecular complexity index is 1270. The molecule has 2 heterocycles. The van der Waals surface area contributed by atoms with E-state index in [2.05, 4.69) is 64.1 Å². The number of thiophene rings is 1. The van der Waals surface area contributed by atoms with Crippen LogP contribution in [0.15, 0.2) is 58.5 Å². The molecular formula is C26H28N2OS2. The zero-order valence-corrected chi connectivity index (χ0v) is 20.2. The van der Waals surface area contributed by atoms with Crippen LogP contribution >= 0.6 is 23.1 Å². The average molecular weight is 449 g/mol. The quantitative estimate of drug-likeness (QED) is 0.228. The largest absolute Gasteiger partial charge is 0.268 e. The molecule has 0 saturated carbocycles. The third-order valence-electron chi connectivity index (χ3n) is 5.56. The van der Waals surface area contributed by atoms with Gasteiger partial charge in [0.25, 0.3) is 5.56 Å². The van der Waals surface area contributed by atoms with E-state index in [1.807, 2.05) is 12.1 Å². The lowest BCUT2D eigenvalue weighted by molar-refractivity contribution is 0.821. The number of hydrogen-bond donors (Lipinski definition) is 0. The fourth-order valence-electron chi connectivity index (χ4n) is 3.83. The molecule has 0 N–H and O–H groups in total. The molecule has 4 rings (SSSR count). The first-order valence-electron chi connectivity index (χ1n) is 10.8. The van der Waals surface area contributed by atoms with E-state index in [-0.39, 0.29) is 5.56 Å². The number of rotatable bonds is 7. The first-order valence-corrected chi connectivity index (χ1v) is 12.6. The molecule has 0 bridgehead atoms. The second-order valence-electron chi connectivity index (χ2n) is 7.91. The topological polar surface area (TPSA) is 34.9 Å². The molecule has 0 amide bonds. The van der Waals surface area contributed by atoms with Gasteiger partial charge in [0.2, 0.25) is 0 Å². The molecule has 2 aromatic carbocycles. The zero-order valence-electron chi connectivity index (χ0n) is 18.6. The van der Waals surface area contributed by atoms with Crippen molar-refractivity contribution < 1.29 is 0 Å². The molecule has 0 atom stereocenters. The minimum Gasteiger partial charge on any atom is -0.268 e. The Morgan fingerprint density at radius 2 is 1.81 bits per heavy atom. The van der Waals surface area contributed by atoms with Crippen LogP contribution in [0.2, 0.25) is 0 Å². The van der Waals surface area contributed by atoms with Crippen LogP contribution < -0.4 is 5.56 Å². The van der Waals surface area contributed by atoms with E-state index in [1.54, 1.807) is 27.7 Å². The molecular weight excluding hydrogens is 420 g/mol. The molecule has 3 nitrogen and oxygen atoms in total. The molecule has 0 fully saturated rings. The summed E-state index contributed by atoms with van der Waals surface area (Å²) in [6.45, 7) is 8.49. The molecule has 160 valence electrons. The normalized spacial score (nSPS) is 11.4. The number of benzene rings is 2. The second-order valence-corrected chi connectivity index (χ2v) is 9.94. The highest BCUT2D eigenvalue weighted by Gasteiger charge is 2.19. The predicted molar refractivity (Wildman–Crippen MR) is 134 cm³/mol. The molecule has 2 aromatic heterocycles. The van der Waals surface area contributed by atoms with Crippen LogP contribution in [0.3, 0.4) is 0 Å². The summed E-state index contributed by atoms with van der Waals surface area (Å²) >= 11 is 3.30. The maximum Gasteiger partial charge on any atom is 0.267 e. The van der Waals surface area contributed by atoms with Crippen molar-refractivity contribution in [3.63, 3.8) is 0 Å². The molecule has 0 radical (unpaired) electrons. The molecule has 0 aliphatic rings. The van der Waals surface area contributed by atoms with Gasteiger partial charge in [0, 0.05) is 10.6 Å². The van der Waals surface area contributed by atoms with E-state index in [9.17, 15) is 4.79 Å². The van der Waals surface area contributed by atoms with E-state index in [1.165, 1.54) is 21.6 Å². The van der Waals surface area contributed by atoms with E-state index < -0.39 is 0 Å². The van der Waals surface area contributed by atoms with E-state index >= 15 is 0 Å². The van der Waals surface area contributed by atoms with Gasteiger partial charge in [-0.05, 0) is 55.5 Å². The van der Waals surface area contributed by atoms with Gasteiger partial charge in [-0.25, -0.2) is 4.98 Å². The van der Waals surface area contributed by atoms with Crippen LogP contribution in [-0.2, 0) is 18.6 Å². The van der Waals surface area contributed by atoms with E-state index in [4.69, 9.17) is 4.98 Å². The van der Waals surface area contributed by atoms with Gasteiger partial charge in [0.05, 0.1) is 11.1 Å². The summed E-state index contributed by atoms with van der Waals surface area (Å²) in [6.07, 6.45) is 3.03. The van der Waals surface area contributed by atoms with Crippen LogP contribution in [0.5, 0.6) is 0 Å². The van der Waals surface area contributed by atoms with Crippen molar-refractivity contribution in [1.82, 2.24) is 9.55 Å².